The number of nitrogens with zero attached hydrogens (tertiary/aromatic N) is 1. The Kier molecular flexibility index (Phi) is 3.43. The predicted molar refractivity (Wildman–Crippen MR) is 89.9 cm³/mol. The normalized spacial score (nSPS) is 38.3. The second-order valence-electron chi connectivity index (χ2n) is 6.34. The van der Waals surface area contributed by atoms with Gasteiger partial charge >= 0.3 is 5.97 Å². The highest BCUT2D eigenvalue weighted by Crippen LogP contribution is 2.60. The first-order valence-corrected chi connectivity index (χ1v) is 9.25. The number of anilines is 1. The van der Waals surface area contributed by atoms with Gasteiger partial charge in [0, 0.05) is 9.65 Å². The van der Waals surface area contributed by atoms with Crippen LogP contribution in [-0.4, -0.2) is 32.5 Å². The SMILES string of the molecule is O=C(O)c1ccccc1N1C(=O)[C@@H]2[C@@H]3C[C@H]([C@H](Br)[C@@H]3Br)[C@@H]2C1=O. The highest BCUT2D eigenvalue weighted by atomic mass is 79.9. The zero-order valence-corrected chi connectivity index (χ0v) is 15.0. The summed E-state index contributed by atoms with van der Waals surface area (Å²) in [7, 11) is 0. The molecule has 1 aromatic carbocycles. The molecule has 2 amide bonds. The van der Waals surface area contributed by atoms with Crippen LogP contribution in [0.5, 0.6) is 0 Å². The molecule has 4 rings (SSSR count). The summed E-state index contributed by atoms with van der Waals surface area (Å²) in [6, 6.07) is 6.18. The minimum absolute atomic E-state index is 0.0210. The number of halogens is 2. The van der Waals surface area contributed by atoms with E-state index < -0.39 is 5.97 Å². The smallest absolute Gasteiger partial charge is 0.337 e. The molecule has 1 aliphatic heterocycles. The number of carbonyl (C=O) groups is 3. The highest BCUT2D eigenvalue weighted by molar-refractivity contribution is 9.12. The van der Waals surface area contributed by atoms with Gasteiger partial charge in [0.05, 0.1) is 23.1 Å². The lowest BCUT2D eigenvalue weighted by atomic mass is 9.81. The molecule has 0 aromatic heterocycles. The number of alkyl halides is 2. The van der Waals surface area contributed by atoms with Crippen molar-refractivity contribution in [3.05, 3.63) is 29.8 Å². The topological polar surface area (TPSA) is 74.7 Å². The summed E-state index contributed by atoms with van der Waals surface area (Å²) in [5.74, 6) is -2.10. The zero-order valence-electron chi connectivity index (χ0n) is 11.9. The minimum Gasteiger partial charge on any atom is -0.478 e. The van der Waals surface area contributed by atoms with Crippen LogP contribution in [0.25, 0.3) is 0 Å². The largest absolute Gasteiger partial charge is 0.478 e. The van der Waals surface area contributed by atoms with Crippen molar-refractivity contribution in [2.75, 3.05) is 4.90 Å². The Morgan fingerprint density at radius 2 is 1.57 bits per heavy atom. The first-order chi connectivity index (χ1) is 10.9. The molecule has 2 saturated carbocycles. The second kappa shape index (κ2) is 5.14. The number of hydrogen-bond donors (Lipinski definition) is 1. The molecular formula is C16H13Br2NO4. The molecule has 120 valence electrons. The van der Waals surface area contributed by atoms with Crippen LogP contribution in [-0.2, 0) is 9.59 Å². The Balaban J connectivity index is 1.78. The van der Waals surface area contributed by atoms with Gasteiger partial charge in [0.15, 0.2) is 0 Å². The number of fused-ring (bicyclic) bond motifs is 5. The van der Waals surface area contributed by atoms with Gasteiger partial charge in [-0.25, -0.2) is 9.69 Å². The van der Waals surface area contributed by atoms with Gasteiger partial charge in [-0.15, -0.1) is 0 Å². The van der Waals surface area contributed by atoms with Crippen LogP contribution >= 0.6 is 31.9 Å². The van der Waals surface area contributed by atoms with Crippen LogP contribution in [0, 0.1) is 23.7 Å². The number of para-hydroxylation sites is 1. The molecule has 7 heteroatoms. The van der Waals surface area contributed by atoms with Crippen LogP contribution in [0.1, 0.15) is 16.8 Å². The summed E-state index contributed by atoms with van der Waals surface area (Å²) in [5.41, 5.74) is 0.161. The predicted octanol–water partition coefficient (Wildman–Crippen LogP) is 2.67. The molecule has 6 atom stereocenters. The standard InChI is InChI=1S/C16H13Br2NO4/c17-12-7-5-8(13(12)18)11-10(7)14(20)19(15(11)21)9-4-2-1-3-6(9)16(22)23/h1-4,7-8,10-13H,5H2,(H,22,23)/t7-,8-,10-,11+,12-,13+/m0/s1. The van der Waals surface area contributed by atoms with Gasteiger partial charge in [-0.3, -0.25) is 9.59 Å². The van der Waals surface area contributed by atoms with Crippen LogP contribution in [0.3, 0.4) is 0 Å². The van der Waals surface area contributed by atoms with E-state index in [-0.39, 0.29) is 56.4 Å². The third kappa shape index (κ3) is 1.92. The van der Waals surface area contributed by atoms with Crippen LogP contribution < -0.4 is 4.90 Å². The quantitative estimate of drug-likeness (QED) is 0.564. The van der Waals surface area contributed by atoms with Crippen molar-refractivity contribution in [1.82, 2.24) is 0 Å². The molecule has 1 aromatic rings. The van der Waals surface area contributed by atoms with Gasteiger partial charge < -0.3 is 5.11 Å². The Morgan fingerprint density at radius 3 is 2.09 bits per heavy atom. The fourth-order valence-corrected chi connectivity index (χ4v) is 6.31. The minimum atomic E-state index is -1.14. The number of carbonyl (C=O) groups excluding carboxylic acids is 2. The van der Waals surface area contributed by atoms with E-state index in [9.17, 15) is 19.5 Å². The highest BCUT2D eigenvalue weighted by Gasteiger charge is 2.66. The number of aromatic carboxylic acids is 1. The fraction of sp³-hybridized carbons (Fsp3) is 0.438. The number of rotatable bonds is 2. The van der Waals surface area contributed by atoms with Crippen molar-refractivity contribution in [3.8, 4) is 0 Å². The summed E-state index contributed by atoms with van der Waals surface area (Å²) in [6.45, 7) is 0. The third-order valence-corrected chi connectivity index (χ3v) is 8.57. The molecular weight excluding hydrogens is 430 g/mol. The summed E-state index contributed by atoms with van der Waals surface area (Å²) in [6.07, 6.45) is 0.854. The average molecular weight is 443 g/mol. The average Bonchev–Trinajstić information content (AvgIpc) is 3.12. The Bertz CT molecular complexity index is 705. The molecule has 23 heavy (non-hydrogen) atoms. The van der Waals surface area contributed by atoms with E-state index in [1.807, 2.05) is 0 Å². The molecule has 2 aliphatic carbocycles. The van der Waals surface area contributed by atoms with Gasteiger partial charge in [-0.05, 0) is 30.4 Å². The van der Waals surface area contributed by atoms with E-state index in [1.54, 1.807) is 12.1 Å². The number of imide groups is 1. The lowest BCUT2D eigenvalue weighted by Crippen LogP contribution is -2.37. The first-order valence-electron chi connectivity index (χ1n) is 7.41. The van der Waals surface area contributed by atoms with Crippen molar-refractivity contribution in [2.24, 2.45) is 23.7 Å². The summed E-state index contributed by atoms with van der Waals surface area (Å²) >= 11 is 7.27. The van der Waals surface area contributed by atoms with Crippen molar-refractivity contribution in [2.45, 2.75) is 16.1 Å². The molecule has 5 nitrogen and oxygen atoms in total. The lowest BCUT2D eigenvalue weighted by molar-refractivity contribution is -0.123. The molecule has 1 saturated heterocycles. The molecule has 0 radical (unpaired) electrons. The number of amides is 2. The fourth-order valence-electron chi connectivity index (χ4n) is 4.44. The monoisotopic (exact) mass is 441 g/mol. The Morgan fingerprint density at radius 1 is 1.04 bits per heavy atom. The maximum Gasteiger partial charge on any atom is 0.337 e. The molecule has 0 spiro atoms. The molecule has 2 bridgehead atoms. The third-order valence-electron chi connectivity index (χ3n) is 5.36. The van der Waals surface area contributed by atoms with E-state index in [4.69, 9.17) is 0 Å². The molecule has 1 N–H and O–H groups in total. The maximum atomic E-state index is 12.9. The number of carboxylic acid groups (broad SMARTS) is 1. The van der Waals surface area contributed by atoms with E-state index in [2.05, 4.69) is 31.9 Å². The van der Waals surface area contributed by atoms with Crippen molar-refractivity contribution >= 4 is 55.3 Å². The number of hydrogen-bond acceptors (Lipinski definition) is 3. The Hall–Kier alpha value is -1.21. The molecule has 1 heterocycles. The Labute approximate surface area is 149 Å². The second-order valence-corrected chi connectivity index (χ2v) is 8.45. The van der Waals surface area contributed by atoms with Crippen LogP contribution in [0.2, 0.25) is 0 Å². The maximum absolute atomic E-state index is 12.9. The van der Waals surface area contributed by atoms with Gasteiger partial charge in [0.1, 0.15) is 0 Å². The van der Waals surface area contributed by atoms with E-state index in [0.29, 0.717) is 0 Å². The van der Waals surface area contributed by atoms with Crippen molar-refractivity contribution < 1.29 is 19.5 Å². The summed E-state index contributed by atoms with van der Waals surface area (Å²) in [5, 5.41) is 9.34. The van der Waals surface area contributed by atoms with Gasteiger partial charge in [0.25, 0.3) is 0 Å². The summed E-state index contributed by atoms with van der Waals surface area (Å²) in [4.78, 5) is 38.6. The van der Waals surface area contributed by atoms with Gasteiger partial charge in [-0.1, -0.05) is 44.0 Å². The molecule has 3 fully saturated rings. The van der Waals surface area contributed by atoms with E-state index >= 15 is 0 Å². The van der Waals surface area contributed by atoms with E-state index in [1.165, 1.54) is 12.1 Å². The molecule has 3 aliphatic rings. The zero-order chi connectivity index (χ0) is 16.5. The summed E-state index contributed by atoms with van der Waals surface area (Å²) < 4.78 is 0. The number of carboxylic acids is 1. The van der Waals surface area contributed by atoms with Crippen LogP contribution in [0.4, 0.5) is 5.69 Å². The van der Waals surface area contributed by atoms with Crippen molar-refractivity contribution in [1.29, 1.82) is 0 Å². The van der Waals surface area contributed by atoms with Crippen molar-refractivity contribution in [3.63, 3.8) is 0 Å². The van der Waals surface area contributed by atoms with Gasteiger partial charge in [0.2, 0.25) is 11.8 Å². The lowest BCUT2D eigenvalue weighted by Gasteiger charge is -2.28. The number of benzene rings is 1. The van der Waals surface area contributed by atoms with Gasteiger partial charge in [-0.2, -0.15) is 0 Å². The van der Waals surface area contributed by atoms with Crippen LogP contribution in [0.15, 0.2) is 24.3 Å². The first kappa shape index (κ1) is 15.3. The van der Waals surface area contributed by atoms with E-state index in [0.717, 1.165) is 11.3 Å². The molecule has 0 unspecified atom stereocenters.